The van der Waals surface area contributed by atoms with Crippen LogP contribution in [0.2, 0.25) is 0 Å². The minimum absolute atomic E-state index is 0.0342. The van der Waals surface area contributed by atoms with Gasteiger partial charge in [-0.25, -0.2) is 0 Å². The van der Waals surface area contributed by atoms with E-state index in [1.54, 1.807) is 0 Å². The molecule has 112 valence electrons. The van der Waals surface area contributed by atoms with Gasteiger partial charge in [0.15, 0.2) is 7.14 Å². The lowest BCUT2D eigenvalue weighted by Crippen LogP contribution is -2.27. The molecule has 3 aromatic carbocycles. The van der Waals surface area contributed by atoms with Crippen molar-refractivity contribution in [2.45, 2.75) is 12.2 Å². The zero-order valence-corrected chi connectivity index (χ0v) is 13.3. The average molecular weight is 318 g/mol. The van der Waals surface area contributed by atoms with E-state index in [0.29, 0.717) is 0 Å². The first-order chi connectivity index (χ1) is 11.3. The Labute approximate surface area is 135 Å². The fraction of sp³-hybridized carbons (Fsp3) is 0.100. The molecule has 2 unspecified atom stereocenters. The van der Waals surface area contributed by atoms with Gasteiger partial charge in [-0.3, -0.25) is 0 Å². The summed E-state index contributed by atoms with van der Waals surface area (Å²) in [5, 5.41) is 2.73. The SMILES string of the molecule is O=P1(c2ccccc2)c2ccccc2C2OC2c2ccccc21. The van der Waals surface area contributed by atoms with Crippen LogP contribution in [0.4, 0.5) is 0 Å². The summed E-state index contributed by atoms with van der Waals surface area (Å²) in [5.74, 6) is 0. The Kier molecular flexibility index (Phi) is 2.70. The van der Waals surface area contributed by atoms with Gasteiger partial charge in [0.05, 0.1) is 0 Å². The zero-order valence-electron chi connectivity index (χ0n) is 12.4. The van der Waals surface area contributed by atoms with Gasteiger partial charge in [-0.1, -0.05) is 78.9 Å². The zero-order chi connectivity index (χ0) is 15.4. The summed E-state index contributed by atoms with van der Waals surface area (Å²) in [7, 11) is -2.88. The summed E-state index contributed by atoms with van der Waals surface area (Å²) in [6.07, 6.45) is 0.0683. The van der Waals surface area contributed by atoms with Crippen LogP contribution in [0, 0.1) is 0 Å². The molecule has 3 aromatic rings. The first kappa shape index (κ1) is 13.3. The van der Waals surface area contributed by atoms with Crippen molar-refractivity contribution in [3.8, 4) is 0 Å². The molecule has 3 heteroatoms. The molecule has 0 spiro atoms. The minimum Gasteiger partial charge on any atom is -0.359 e. The molecule has 2 atom stereocenters. The van der Waals surface area contributed by atoms with E-state index >= 15 is 0 Å². The van der Waals surface area contributed by atoms with E-state index in [0.717, 1.165) is 27.0 Å². The van der Waals surface area contributed by atoms with Crippen LogP contribution in [0.1, 0.15) is 23.3 Å². The van der Waals surface area contributed by atoms with Crippen LogP contribution in [-0.2, 0) is 9.30 Å². The minimum atomic E-state index is -2.88. The van der Waals surface area contributed by atoms with Crippen LogP contribution in [-0.4, -0.2) is 0 Å². The van der Waals surface area contributed by atoms with Gasteiger partial charge < -0.3 is 9.30 Å². The van der Waals surface area contributed by atoms with Gasteiger partial charge in [0, 0.05) is 15.9 Å². The smallest absolute Gasteiger partial charge is 0.171 e. The number of epoxide rings is 1. The van der Waals surface area contributed by atoms with Crippen LogP contribution >= 0.6 is 7.14 Å². The van der Waals surface area contributed by atoms with E-state index < -0.39 is 7.14 Å². The third-order valence-electron chi connectivity index (χ3n) is 4.78. The van der Waals surface area contributed by atoms with Gasteiger partial charge in [0.2, 0.25) is 0 Å². The second kappa shape index (κ2) is 4.67. The summed E-state index contributed by atoms with van der Waals surface area (Å²) < 4.78 is 20.3. The quantitative estimate of drug-likeness (QED) is 0.508. The molecule has 0 saturated carbocycles. The molecule has 2 heterocycles. The van der Waals surface area contributed by atoms with Crippen LogP contribution in [0.3, 0.4) is 0 Å². The highest BCUT2D eigenvalue weighted by atomic mass is 31.2. The molecule has 1 saturated heterocycles. The summed E-state index contributed by atoms with van der Waals surface area (Å²) in [6.45, 7) is 0. The third kappa shape index (κ3) is 1.77. The normalized spacial score (nSPS) is 27.3. The Morgan fingerprint density at radius 3 is 1.70 bits per heavy atom. The summed E-state index contributed by atoms with van der Waals surface area (Å²) in [6, 6.07) is 25.9. The fourth-order valence-corrected chi connectivity index (χ4v) is 6.79. The van der Waals surface area contributed by atoms with E-state index in [-0.39, 0.29) is 12.2 Å². The molecule has 0 amide bonds. The summed E-state index contributed by atoms with van der Waals surface area (Å²) in [4.78, 5) is 0. The van der Waals surface area contributed by atoms with Gasteiger partial charge in [-0.15, -0.1) is 0 Å². The summed E-state index contributed by atoms with van der Waals surface area (Å²) >= 11 is 0. The number of ether oxygens (including phenoxy) is 1. The molecular formula is C20H15O2P. The van der Waals surface area contributed by atoms with Crippen molar-refractivity contribution in [2.24, 2.45) is 0 Å². The van der Waals surface area contributed by atoms with Gasteiger partial charge in [-0.2, -0.15) is 0 Å². The molecule has 2 aliphatic heterocycles. The highest BCUT2D eigenvalue weighted by Crippen LogP contribution is 2.58. The Bertz CT molecular complexity index is 893. The first-order valence-corrected chi connectivity index (χ1v) is 9.51. The average Bonchev–Trinajstić information content (AvgIpc) is 3.42. The molecule has 2 nitrogen and oxygen atoms in total. The number of benzene rings is 3. The molecule has 5 rings (SSSR count). The van der Waals surface area contributed by atoms with E-state index in [2.05, 4.69) is 12.1 Å². The van der Waals surface area contributed by atoms with Gasteiger partial charge >= 0.3 is 0 Å². The van der Waals surface area contributed by atoms with Crippen molar-refractivity contribution in [1.82, 2.24) is 0 Å². The van der Waals surface area contributed by atoms with Crippen molar-refractivity contribution >= 4 is 23.1 Å². The lowest BCUT2D eigenvalue weighted by atomic mass is 10.0. The number of hydrogen-bond acceptors (Lipinski definition) is 2. The second-order valence-corrected chi connectivity index (χ2v) is 8.74. The summed E-state index contributed by atoms with van der Waals surface area (Å²) in [5.41, 5.74) is 2.14. The van der Waals surface area contributed by atoms with E-state index in [1.165, 1.54) is 0 Å². The predicted molar refractivity (Wildman–Crippen MR) is 92.4 cm³/mol. The van der Waals surface area contributed by atoms with Crippen molar-refractivity contribution in [3.05, 3.63) is 90.0 Å². The van der Waals surface area contributed by atoms with E-state index in [4.69, 9.17) is 4.74 Å². The van der Waals surface area contributed by atoms with Crippen LogP contribution in [0.25, 0.3) is 0 Å². The molecule has 0 aromatic heterocycles. The predicted octanol–water partition coefficient (Wildman–Crippen LogP) is 3.45. The molecule has 0 bridgehead atoms. The maximum Gasteiger partial charge on any atom is 0.171 e. The topological polar surface area (TPSA) is 29.6 Å². The molecule has 2 aliphatic rings. The molecule has 23 heavy (non-hydrogen) atoms. The Hall–Kier alpha value is -2.15. The van der Waals surface area contributed by atoms with E-state index in [1.807, 2.05) is 66.7 Å². The monoisotopic (exact) mass is 318 g/mol. The van der Waals surface area contributed by atoms with Crippen molar-refractivity contribution in [2.75, 3.05) is 0 Å². The second-order valence-electron chi connectivity index (χ2n) is 6.04. The molecule has 1 fully saturated rings. The Balaban J connectivity index is 1.91. The highest BCUT2D eigenvalue weighted by molar-refractivity contribution is 7.85. The van der Waals surface area contributed by atoms with Crippen molar-refractivity contribution < 1.29 is 9.30 Å². The number of rotatable bonds is 1. The van der Waals surface area contributed by atoms with Crippen LogP contribution in [0.5, 0.6) is 0 Å². The van der Waals surface area contributed by atoms with Crippen LogP contribution in [0.15, 0.2) is 78.9 Å². The van der Waals surface area contributed by atoms with Crippen LogP contribution < -0.4 is 15.9 Å². The lowest BCUT2D eigenvalue weighted by Gasteiger charge is -2.22. The molecule has 0 aliphatic carbocycles. The molecule has 0 radical (unpaired) electrons. The maximum absolute atomic E-state index is 14.4. The Morgan fingerprint density at radius 1 is 0.652 bits per heavy atom. The standard InChI is InChI=1S/C20H15O2P/c21-23(14-8-2-1-3-9-14)17-12-6-4-10-15(17)19-20(22-19)16-11-5-7-13-18(16)23/h1-13,19-20H. The Morgan fingerprint density at radius 2 is 1.13 bits per heavy atom. The van der Waals surface area contributed by atoms with Gasteiger partial charge in [0.25, 0.3) is 0 Å². The molecular weight excluding hydrogens is 303 g/mol. The fourth-order valence-electron chi connectivity index (χ4n) is 3.66. The highest BCUT2D eigenvalue weighted by Gasteiger charge is 2.51. The number of fused-ring (bicyclic) bond motifs is 5. The third-order valence-corrected chi connectivity index (χ3v) is 7.97. The van der Waals surface area contributed by atoms with Crippen molar-refractivity contribution in [1.29, 1.82) is 0 Å². The van der Waals surface area contributed by atoms with Gasteiger partial charge in [-0.05, 0) is 11.1 Å². The number of hydrogen-bond donors (Lipinski definition) is 0. The first-order valence-electron chi connectivity index (χ1n) is 7.80. The van der Waals surface area contributed by atoms with E-state index in [9.17, 15) is 4.57 Å². The largest absolute Gasteiger partial charge is 0.359 e. The molecule has 0 N–H and O–H groups in total. The lowest BCUT2D eigenvalue weighted by molar-refractivity contribution is 0.378. The van der Waals surface area contributed by atoms with Gasteiger partial charge in [0.1, 0.15) is 12.2 Å². The maximum atomic E-state index is 14.4. The van der Waals surface area contributed by atoms with Crippen molar-refractivity contribution in [3.63, 3.8) is 0 Å².